The fourth-order valence-corrected chi connectivity index (χ4v) is 3.91. The summed E-state index contributed by atoms with van der Waals surface area (Å²) in [6.07, 6.45) is 3.75. The second kappa shape index (κ2) is 8.08. The van der Waals surface area contributed by atoms with E-state index in [0.717, 1.165) is 38.0 Å². The highest BCUT2D eigenvalue weighted by molar-refractivity contribution is 5.98. The number of nitrogens with one attached hydrogen (secondary N) is 1. The van der Waals surface area contributed by atoms with E-state index in [9.17, 15) is 14.7 Å². The zero-order valence-corrected chi connectivity index (χ0v) is 15.4. The van der Waals surface area contributed by atoms with Crippen molar-refractivity contribution in [2.75, 3.05) is 31.2 Å². The van der Waals surface area contributed by atoms with Gasteiger partial charge >= 0.3 is 5.97 Å². The molecule has 1 saturated heterocycles. The number of carboxylic acid groups (broad SMARTS) is 1. The summed E-state index contributed by atoms with van der Waals surface area (Å²) in [5.41, 5.74) is 0.424. The zero-order chi connectivity index (χ0) is 18.6. The second-order valence-electron chi connectivity index (χ2n) is 7.34. The van der Waals surface area contributed by atoms with Gasteiger partial charge in [0.05, 0.1) is 13.2 Å². The van der Waals surface area contributed by atoms with Crippen LogP contribution >= 0.6 is 0 Å². The number of morpholine rings is 1. The summed E-state index contributed by atoms with van der Waals surface area (Å²) in [5, 5.41) is 12.5. The molecule has 3 rings (SSSR count). The molecule has 0 radical (unpaired) electrons. The van der Waals surface area contributed by atoms with Gasteiger partial charge in [0.15, 0.2) is 0 Å². The molecule has 1 aromatic rings. The van der Waals surface area contributed by atoms with E-state index in [1.807, 2.05) is 12.1 Å². The molecule has 6 heteroatoms. The first-order chi connectivity index (χ1) is 12.5. The first kappa shape index (κ1) is 18.7. The maximum Gasteiger partial charge on any atom is 0.329 e. The third-order valence-electron chi connectivity index (χ3n) is 5.80. The Morgan fingerprint density at radius 2 is 1.81 bits per heavy atom. The van der Waals surface area contributed by atoms with Gasteiger partial charge in [-0.15, -0.1) is 0 Å². The molecule has 26 heavy (non-hydrogen) atoms. The number of benzene rings is 1. The highest BCUT2D eigenvalue weighted by Crippen LogP contribution is 2.34. The van der Waals surface area contributed by atoms with Crippen LogP contribution in [0.5, 0.6) is 0 Å². The van der Waals surface area contributed by atoms with Crippen LogP contribution in [0.15, 0.2) is 24.3 Å². The number of amides is 1. The van der Waals surface area contributed by atoms with Crippen LogP contribution in [-0.2, 0) is 9.53 Å². The lowest BCUT2D eigenvalue weighted by molar-refractivity contribution is -0.146. The number of hydrogen-bond acceptors (Lipinski definition) is 4. The minimum atomic E-state index is -1.13. The van der Waals surface area contributed by atoms with Crippen molar-refractivity contribution in [3.63, 3.8) is 0 Å². The fraction of sp³-hybridized carbons (Fsp3) is 0.600. The molecule has 2 aliphatic rings. The molecule has 0 spiro atoms. The monoisotopic (exact) mass is 360 g/mol. The summed E-state index contributed by atoms with van der Waals surface area (Å²) in [7, 11) is 0. The van der Waals surface area contributed by atoms with E-state index in [-0.39, 0.29) is 5.91 Å². The molecule has 1 amide bonds. The third-order valence-corrected chi connectivity index (χ3v) is 5.80. The molecule has 0 unspecified atom stereocenters. The molecule has 0 bridgehead atoms. The molecule has 1 saturated carbocycles. The Morgan fingerprint density at radius 3 is 2.35 bits per heavy atom. The molecule has 142 valence electrons. The molecule has 2 N–H and O–H groups in total. The van der Waals surface area contributed by atoms with Crippen molar-refractivity contribution in [1.29, 1.82) is 0 Å². The predicted octanol–water partition coefficient (Wildman–Crippen LogP) is 2.68. The van der Waals surface area contributed by atoms with Crippen LogP contribution in [0.3, 0.4) is 0 Å². The number of anilines is 1. The Labute approximate surface area is 154 Å². The van der Waals surface area contributed by atoms with E-state index in [1.54, 1.807) is 12.1 Å². The van der Waals surface area contributed by atoms with E-state index in [1.165, 1.54) is 0 Å². The average molecular weight is 360 g/mol. The van der Waals surface area contributed by atoms with Gasteiger partial charge in [0.2, 0.25) is 0 Å². The Bertz CT molecular complexity index is 630. The second-order valence-corrected chi connectivity index (χ2v) is 7.34. The van der Waals surface area contributed by atoms with E-state index in [4.69, 9.17) is 4.74 Å². The Hall–Kier alpha value is -2.08. The maximum atomic E-state index is 12.7. The summed E-state index contributed by atoms with van der Waals surface area (Å²) < 4.78 is 5.36. The van der Waals surface area contributed by atoms with Gasteiger partial charge in [0, 0.05) is 24.3 Å². The fourth-order valence-electron chi connectivity index (χ4n) is 3.91. The van der Waals surface area contributed by atoms with Gasteiger partial charge in [0.1, 0.15) is 5.54 Å². The number of ether oxygens (including phenoxy) is 1. The van der Waals surface area contributed by atoms with Gasteiger partial charge in [-0.2, -0.15) is 0 Å². The van der Waals surface area contributed by atoms with E-state index >= 15 is 0 Å². The summed E-state index contributed by atoms with van der Waals surface area (Å²) in [6.45, 7) is 5.23. The van der Waals surface area contributed by atoms with Crippen LogP contribution in [0, 0.1) is 5.92 Å². The van der Waals surface area contributed by atoms with E-state index in [2.05, 4.69) is 17.1 Å². The van der Waals surface area contributed by atoms with E-state index in [0.29, 0.717) is 37.5 Å². The Balaban J connectivity index is 1.67. The lowest BCUT2D eigenvalue weighted by atomic mass is 9.75. The van der Waals surface area contributed by atoms with Crippen molar-refractivity contribution < 1.29 is 19.4 Å². The molecular weight excluding hydrogens is 332 g/mol. The number of carbonyl (C=O) groups excluding carboxylic acids is 1. The number of rotatable bonds is 5. The van der Waals surface area contributed by atoms with Crippen molar-refractivity contribution in [2.24, 2.45) is 5.92 Å². The smallest absolute Gasteiger partial charge is 0.329 e. The van der Waals surface area contributed by atoms with Crippen LogP contribution in [-0.4, -0.2) is 48.8 Å². The van der Waals surface area contributed by atoms with Gasteiger partial charge < -0.3 is 20.1 Å². The van der Waals surface area contributed by atoms with Crippen molar-refractivity contribution in [1.82, 2.24) is 5.32 Å². The maximum absolute atomic E-state index is 12.7. The van der Waals surface area contributed by atoms with Gasteiger partial charge in [-0.1, -0.05) is 13.3 Å². The Kier molecular flexibility index (Phi) is 5.81. The summed E-state index contributed by atoms with van der Waals surface area (Å²) in [5.74, 6) is -0.673. The van der Waals surface area contributed by atoms with Crippen LogP contribution in [0.4, 0.5) is 5.69 Å². The number of carbonyl (C=O) groups is 2. The average Bonchev–Trinajstić information content (AvgIpc) is 2.69. The number of hydrogen-bond donors (Lipinski definition) is 2. The highest BCUT2D eigenvalue weighted by atomic mass is 16.5. The van der Waals surface area contributed by atoms with Crippen molar-refractivity contribution in [3.05, 3.63) is 29.8 Å². The van der Waals surface area contributed by atoms with Crippen LogP contribution in [0.2, 0.25) is 0 Å². The highest BCUT2D eigenvalue weighted by Gasteiger charge is 2.43. The molecular formula is C20H28N2O4. The molecule has 6 nitrogen and oxygen atoms in total. The number of nitrogens with zero attached hydrogens (tertiary/aromatic N) is 1. The molecule has 2 fully saturated rings. The van der Waals surface area contributed by atoms with Crippen LogP contribution in [0.25, 0.3) is 0 Å². The first-order valence-electron chi connectivity index (χ1n) is 9.53. The predicted molar refractivity (Wildman–Crippen MR) is 99.6 cm³/mol. The summed E-state index contributed by atoms with van der Waals surface area (Å²) in [4.78, 5) is 26.7. The normalized spacial score (nSPS) is 26.3. The van der Waals surface area contributed by atoms with Crippen LogP contribution < -0.4 is 10.2 Å². The first-order valence-corrected chi connectivity index (χ1v) is 9.53. The third kappa shape index (κ3) is 4.01. The standard InChI is InChI=1S/C20H28N2O4/c1-2-15-7-9-20(10-8-15,19(24)25)21-18(23)16-3-5-17(6-4-16)22-11-13-26-14-12-22/h3-6,15H,2,7-14H2,1H3,(H,21,23)(H,24,25). The van der Waals surface area contributed by atoms with E-state index < -0.39 is 11.5 Å². The topological polar surface area (TPSA) is 78.9 Å². The van der Waals surface area contributed by atoms with Gasteiger partial charge in [-0.25, -0.2) is 4.79 Å². The molecule has 1 heterocycles. The van der Waals surface area contributed by atoms with Crippen molar-refractivity contribution in [3.8, 4) is 0 Å². The lowest BCUT2D eigenvalue weighted by Gasteiger charge is -2.37. The summed E-state index contributed by atoms with van der Waals surface area (Å²) in [6, 6.07) is 7.38. The molecule has 0 aromatic heterocycles. The van der Waals surface area contributed by atoms with Gasteiger partial charge in [-0.3, -0.25) is 4.79 Å². The number of carboxylic acids is 1. The number of aliphatic carboxylic acids is 1. The van der Waals surface area contributed by atoms with Crippen LogP contribution in [0.1, 0.15) is 49.4 Å². The summed E-state index contributed by atoms with van der Waals surface area (Å²) >= 11 is 0. The quantitative estimate of drug-likeness (QED) is 0.844. The molecule has 1 aromatic carbocycles. The SMILES string of the molecule is CCC1CCC(NC(=O)c2ccc(N3CCOCC3)cc2)(C(=O)O)CC1. The molecule has 1 aliphatic heterocycles. The minimum Gasteiger partial charge on any atom is -0.480 e. The largest absolute Gasteiger partial charge is 0.480 e. The van der Waals surface area contributed by atoms with Gasteiger partial charge in [0.25, 0.3) is 5.91 Å². The molecule has 1 aliphatic carbocycles. The molecule has 0 atom stereocenters. The minimum absolute atomic E-state index is 0.309. The van der Waals surface area contributed by atoms with Crippen molar-refractivity contribution in [2.45, 2.75) is 44.6 Å². The Morgan fingerprint density at radius 1 is 1.19 bits per heavy atom. The van der Waals surface area contributed by atoms with Crippen molar-refractivity contribution >= 4 is 17.6 Å². The van der Waals surface area contributed by atoms with Gasteiger partial charge in [-0.05, 0) is 55.9 Å². The lowest BCUT2D eigenvalue weighted by Crippen LogP contribution is -2.56. The zero-order valence-electron chi connectivity index (χ0n) is 15.4.